The van der Waals surface area contributed by atoms with Gasteiger partial charge in [0.25, 0.3) is 5.91 Å². The number of allylic oxidation sites excluding steroid dienone is 1. The molecular formula is C22H18N4O2. The van der Waals surface area contributed by atoms with E-state index >= 15 is 0 Å². The van der Waals surface area contributed by atoms with Gasteiger partial charge in [-0.3, -0.25) is 9.36 Å². The van der Waals surface area contributed by atoms with Gasteiger partial charge in [-0.15, -0.1) is 0 Å². The summed E-state index contributed by atoms with van der Waals surface area (Å²) < 4.78 is 7.75. The van der Waals surface area contributed by atoms with Crippen molar-refractivity contribution in [1.29, 1.82) is 0 Å². The van der Waals surface area contributed by atoms with Crippen LogP contribution < -0.4 is 10.6 Å². The molecule has 1 amide bonds. The molecule has 0 aliphatic carbocycles. The predicted molar refractivity (Wildman–Crippen MR) is 108 cm³/mol. The average Bonchev–Trinajstić information content (AvgIpc) is 3.35. The monoisotopic (exact) mass is 370 g/mol. The van der Waals surface area contributed by atoms with Crippen molar-refractivity contribution in [2.24, 2.45) is 0 Å². The zero-order valence-corrected chi connectivity index (χ0v) is 15.2. The first kappa shape index (κ1) is 16.4. The molecule has 0 saturated heterocycles. The van der Waals surface area contributed by atoms with Crippen LogP contribution in [0.1, 0.15) is 18.7 Å². The highest BCUT2D eigenvalue weighted by Crippen LogP contribution is 2.39. The smallest absolute Gasteiger partial charge is 0.255 e. The third-order valence-corrected chi connectivity index (χ3v) is 4.92. The molecule has 3 heterocycles. The molecule has 6 heteroatoms. The molecule has 2 N–H and O–H groups in total. The van der Waals surface area contributed by atoms with E-state index in [0.29, 0.717) is 17.3 Å². The first-order valence-corrected chi connectivity index (χ1v) is 9.07. The van der Waals surface area contributed by atoms with E-state index in [4.69, 9.17) is 4.42 Å². The SMILES string of the molecule is CC1=C(C(=O)Nc2ccccc2)C(c2ccco2)n2c(nc3ccccc32)N1. The summed E-state index contributed by atoms with van der Waals surface area (Å²) in [5.41, 5.74) is 3.88. The van der Waals surface area contributed by atoms with E-state index in [0.717, 1.165) is 22.4 Å². The molecule has 138 valence electrons. The van der Waals surface area contributed by atoms with Crippen LogP contribution in [0.2, 0.25) is 0 Å². The zero-order chi connectivity index (χ0) is 19.1. The van der Waals surface area contributed by atoms with Gasteiger partial charge in [0, 0.05) is 11.4 Å². The van der Waals surface area contributed by atoms with Crippen LogP contribution in [-0.4, -0.2) is 15.5 Å². The van der Waals surface area contributed by atoms with Crippen molar-refractivity contribution in [3.63, 3.8) is 0 Å². The van der Waals surface area contributed by atoms with Crippen LogP contribution in [0.15, 0.2) is 88.7 Å². The van der Waals surface area contributed by atoms with E-state index in [1.54, 1.807) is 6.26 Å². The number of fused-ring (bicyclic) bond motifs is 3. The molecule has 0 spiro atoms. The number of amides is 1. The van der Waals surface area contributed by atoms with Crippen molar-refractivity contribution in [2.45, 2.75) is 13.0 Å². The van der Waals surface area contributed by atoms with Crippen molar-refractivity contribution in [3.05, 3.63) is 90.0 Å². The Kier molecular flexibility index (Phi) is 3.76. The van der Waals surface area contributed by atoms with Gasteiger partial charge < -0.3 is 15.1 Å². The van der Waals surface area contributed by atoms with Crippen molar-refractivity contribution < 1.29 is 9.21 Å². The van der Waals surface area contributed by atoms with E-state index < -0.39 is 6.04 Å². The van der Waals surface area contributed by atoms with E-state index in [-0.39, 0.29) is 5.91 Å². The fourth-order valence-corrected chi connectivity index (χ4v) is 3.69. The van der Waals surface area contributed by atoms with Gasteiger partial charge in [0.2, 0.25) is 5.95 Å². The molecule has 2 aromatic heterocycles. The second kappa shape index (κ2) is 6.42. The van der Waals surface area contributed by atoms with Crippen molar-refractivity contribution >= 4 is 28.6 Å². The van der Waals surface area contributed by atoms with Crippen LogP contribution in [0.4, 0.5) is 11.6 Å². The molecule has 0 fully saturated rings. The summed E-state index contributed by atoms with van der Waals surface area (Å²) in [5, 5.41) is 6.28. The molecule has 1 aliphatic rings. The van der Waals surface area contributed by atoms with E-state index in [2.05, 4.69) is 15.6 Å². The lowest BCUT2D eigenvalue weighted by Crippen LogP contribution is -2.30. The number of furan rings is 1. The number of anilines is 2. The zero-order valence-electron chi connectivity index (χ0n) is 15.2. The van der Waals surface area contributed by atoms with Crippen LogP contribution in [0.5, 0.6) is 0 Å². The van der Waals surface area contributed by atoms with E-state index in [1.165, 1.54) is 0 Å². The number of imidazole rings is 1. The van der Waals surface area contributed by atoms with Crippen LogP contribution >= 0.6 is 0 Å². The molecule has 1 aliphatic heterocycles. The fraction of sp³-hybridized carbons (Fsp3) is 0.0909. The molecule has 2 aromatic carbocycles. The van der Waals surface area contributed by atoms with Crippen LogP contribution in [0, 0.1) is 0 Å². The minimum Gasteiger partial charge on any atom is -0.467 e. The van der Waals surface area contributed by atoms with Crippen molar-refractivity contribution in [2.75, 3.05) is 10.6 Å². The van der Waals surface area contributed by atoms with Gasteiger partial charge in [-0.1, -0.05) is 30.3 Å². The Morgan fingerprint density at radius 3 is 2.64 bits per heavy atom. The van der Waals surface area contributed by atoms with Crippen LogP contribution in [0.3, 0.4) is 0 Å². The highest BCUT2D eigenvalue weighted by atomic mass is 16.3. The third kappa shape index (κ3) is 2.58. The van der Waals surface area contributed by atoms with Gasteiger partial charge in [-0.25, -0.2) is 4.98 Å². The Bertz CT molecular complexity index is 1190. The number of para-hydroxylation sites is 3. The lowest BCUT2D eigenvalue weighted by molar-refractivity contribution is -0.113. The molecule has 4 aromatic rings. The highest BCUT2D eigenvalue weighted by molar-refractivity contribution is 6.06. The van der Waals surface area contributed by atoms with Crippen LogP contribution in [0.25, 0.3) is 11.0 Å². The van der Waals surface area contributed by atoms with Gasteiger partial charge in [-0.05, 0) is 43.3 Å². The molecule has 1 unspecified atom stereocenters. The summed E-state index contributed by atoms with van der Waals surface area (Å²) in [6.07, 6.45) is 1.62. The summed E-state index contributed by atoms with van der Waals surface area (Å²) >= 11 is 0. The molecule has 0 saturated carbocycles. The second-order valence-electron chi connectivity index (χ2n) is 6.70. The Labute approximate surface area is 161 Å². The number of nitrogens with one attached hydrogen (secondary N) is 2. The maximum Gasteiger partial charge on any atom is 0.255 e. The van der Waals surface area contributed by atoms with Crippen molar-refractivity contribution in [1.82, 2.24) is 9.55 Å². The topological polar surface area (TPSA) is 72.1 Å². The van der Waals surface area contributed by atoms with Gasteiger partial charge in [-0.2, -0.15) is 0 Å². The summed E-state index contributed by atoms with van der Waals surface area (Å²) in [6, 6.07) is 20.6. The first-order chi connectivity index (χ1) is 13.7. The van der Waals surface area contributed by atoms with Gasteiger partial charge in [0.1, 0.15) is 11.8 Å². The number of rotatable bonds is 3. The molecule has 1 atom stereocenters. The number of aromatic nitrogens is 2. The van der Waals surface area contributed by atoms with E-state index in [1.807, 2.05) is 78.2 Å². The van der Waals surface area contributed by atoms with Gasteiger partial charge in [0.05, 0.1) is 22.9 Å². The largest absolute Gasteiger partial charge is 0.467 e. The lowest BCUT2D eigenvalue weighted by Gasteiger charge is -2.29. The Balaban J connectivity index is 1.66. The normalized spacial score (nSPS) is 16.0. The maximum absolute atomic E-state index is 13.3. The minimum atomic E-state index is -0.414. The maximum atomic E-state index is 13.3. The molecule has 0 bridgehead atoms. The second-order valence-corrected chi connectivity index (χ2v) is 6.70. The highest BCUT2D eigenvalue weighted by Gasteiger charge is 2.35. The summed E-state index contributed by atoms with van der Waals surface area (Å²) in [5.74, 6) is 1.20. The standard InChI is InChI=1S/C22H18N4O2/c1-14-19(21(27)24-15-8-3-2-4-9-15)20(18-12-7-13-28-18)26-17-11-6-5-10-16(17)25-22(26)23-14/h2-13,20H,1H3,(H,23,25)(H,24,27). The minimum absolute atomic E-state index is 0.180. The number of hydrogen-bond acceptors (Lipinski definition) is 4. The van der Waals surface area contributed by atoms with Gasteiger partial charge in [0.15, 0.2) is 0 Å². The molecule has 6 nitrogen and oxygen atoms in total. The first-order valence-electron chi connectivity index (χ1n) is 9.07. The Hall–Kier alpha value is -3.80. The Morgan fingerprint density at radius 2 is 1.86 bits per heavy atom. The molecular weight excluding hydrogens is 352 g/mol. The average molecular weight is 370 g/mol. The summed E-state index contributed by atoms with van der Waals surface area (Å²) in [6.45, 7) is 1.89. The van der Waals surface area contributed by atoms with Crippen molar-refractivity contribution in [3.8, 4) is 0 Å². The quantitative estimate of drug-likeness (QED) is 0.555. The molecule has 28 heavy (non-hydrogen) atoms. The summed E-state index contributed by atoms with van der Waals surface area (Å²) in [7, 11) is 0. The fourth-order valence-electron chi connectivity index (χ4n) is 3.69. The number of benzene rings is 2. The van der Waals surface area contributed by atoms with Gasteiger partial charge >= 0.3 is 0 Å². The number of carbonyl (C=O) groups excluding carboxylic acids is 1. The van der Waals surface area contributed by atoms with Crippen LogP contribution in [-0.2, 0) is 4.79 Å². The predicted octanol–water partition coefficient (Wildman–Crippen LogP) is 4.56. The molecule has 5 rings (SSSR count). The number of hydrogen-bond donors (Lipinski definition) is 2. The Morgan fingerprint density at radius 1 is 1.07 bits per heavy atom. The third-order valence-electron chi connectivity index (χ3n) is 4.92. The lowest BCUT2D eigenvalue weighted by atomic mass is 9.99. The number of carbonyl (C=O) groups is 1. The molecule has 0 radical (unpaired) electrons. The van der Waals surface area contributed by atoms with E-state index in [9.17, 15) is 4.79 Å². The number of nitrogens with zero attached hydrogens (tertiary/aromatic N) is 2. The summed E-state index contributed by atoms with van der Waals surface area (Å²) in [4.78, 5) is 18.0.